The Morgan fingerprint density at radius 3 is 1.35 bits per heavy atom. The second-order valence-electron chi connectivity index (χ2n) is 16.3. The maximum atomic E-state index is 5.21. The molecule has 0 bridgehead atoms. The minimum Gasteiger partial charge on any atom is -0.208 e. The molecule has 2 aromatic heterocycles. The van der Waals surface area contributed by atoms with Crippen molar-refractivity contribution in [2.75, 3.05) is 0 Å². The Hall–Kier alpha value is -7.79. The molecule has 0 amide bonds. The van der Waals surface area contributed by atoms with E-state index in [4.69, 9.17) is 15.0 Å². The lowest BCUT2D eigenvalue weighted by atomic mass is 9.70. The fraction of sp³-hybridized carbons (Fsp3) is 0.0172. The molecule has 1 spiro atoms. The van der Waals surface area contributed by atoms with E-state index in [2.05, 4.69) is 194 Å². The van der Waals surface area contributed by atoms with Gasteiger partial charge in [-0.05, 0) is 97.1 Å². The molecule has 0 radical (unpaired) electrons. The zero-order valence-electron chi connectivity index (χ0n) is 33.5. The van der Waals surface area contributed by atoms with Gasteiger partial charge in [0.15, 0.2) is 17.5 Å². The number of nitrogens with zero attached hydrogens (tertiary/aromatic N) is 3. The molecule has 0 saturated carbocycles. The number of hydrogen-bond donors (Lipinski definition) is 0. The second kappa shape index (κ2) is 13.6. The summed E-state index contributed by atoms with van der Waals surface area (Å²) in [5.41, 5.74) is 17.6. The number of benzene rings is 9. The topological polar surface area (TPSA) is 38.7 Å². The SMILES string of the molecule is c1ccc(-c2nc(-c3cccc(-c4ccc5c(c4)-c4ccccc4C54c5ccccc5-c5ccccc54)c3)nc(-c3cccc(-c4ccc5c(c4)sc4ccccc45)c3)n2)cc1. The second-order valence-corrected chi connectivity index (χ2v) is 17.4. The third kappa shape index (κ3) is 5.20. The summed E-state index contributed by atoms with van der Waals surface area (Å²) in [6, 6.07) is 76.8. The van der Waals surface area contributed by atoms with E-state index in [1.165, 1.54) is 70.2 Å². The maximum absolute atomic E-state index is 5.21. The van der Waals surface area contributed by atoms with Gasteiger partial charge in [0.1, 0.15) is 0 Å². The molecule has 0 atom stereocenters. The van der Waals surface area contributed by atoms with Gasteiger partial charge < -0.3 is 0 Å². The molecule has 3 nitrogen and oxygen atoms in total. The zero-order valence-corrected chi connectivity index (χ0v) is 34.3. The van der Waals surface area contributed by atoms with Crippen LogP contribution in [0.15, 0.2) is 212 Å². The molecule has 0 fully saturated rings. The van der Waals surface area contributed by atoms with Gasteiger partial charge >= 0.3 is 0 Å². The van der Waals surface area contributed by atoms with Crippen molar-refractivity contribution in [3.05, 3.63) is 235 Å². The summed E-state index contributed by atoms with van der Waals surface area (Å²) in [5.74, 6) is 1.92. The number of fused-ring (bicyclic) bond motifs is 13. The third-order valence-electron chi connectivity index (χ3n) is 13.0. The Kier molecular flexibility index (Phi) is 7.69. The first-order chi connectivity index (χ1) is 30.7. The molecule has 0 unspecified atom stereocenters. The summed E-state index contributed by atoms with van der Waals surface area (Å²) in [4.78, 5) is 15.4. The minimum atomic E-state index is -0.364. The fourth-order valence-electron chi connectivity index (χ4n) is 10.2. The van der Waals surface area contributed by atoms with Crippen molar-refractivity contribution < 1.29 is 0 Å². The van der Waals surface area contributed by atoms with Crippen LogP contribution in [0, 0.1) is 0 Å². The predicted octanol–water partition coefficient (Wildman–Crippen LogP) is 14.9. The molecule has 2 aliphatic rings. The first-order valence-corrected chi connectivity index (χ1v) is 21.9. The van der Waals surface area contributed by atoms with Gasteiger partial charge in [-0.25, -0.2) is 15.0 Å². The molecule has 62 heavy (non-hydrogen) atoms. The smallest absolute Gasteiger partial charge is 0.164 e. The zero-order chi connectivity index (χ0) is 40.8. The Labute approximate surface area is 363 Å². The number of aromatic nitrogens is 3. The highest BCUT2D eigenvalue weighted by Gasteiger charge is 2.51. The van der Waals surface area contributed by atoms with E-state index < -0.39 is 0 Å². The Bertz CT molecular complexity index is 3560. The van der Waals surface area contributed by atoms with Crippen LogP contribution in [0.3, 0.4) is 0 Å². The average molecular weight is 806 g/mol. The van der Waals surface area contributed by atoms with E-state index in [0.717, 1.165) is 33.4 Å². The highest BCUT2D eigenvalue weighted by atomic mass is 32.1. The third-order valence-corrected chi connectivity index (χ3v) is 14.1. The van der Waals surface area contributed by atoms with Crippen molar-refractivity contribution >= 4 is 31.5 Å². The van der Waals surface area contributed by atoms with Gasteiger partial charge in [0.25, 0.3) is 0 Å². The molecular formula is C58H35N3S. The quantitative estimate of drug-likeness (QED) is 0.174. The highest BCUT2D eigenvalue weighted by Crippen LogP contribution is 2.63. The average Bonchev–Trinajstić information content (AvgIpc) is 3.98. The molecule has 0 saturated heterocycles. The Morgan fingerprint density at radius 2 is 0.710 bits per heavy atom. The first kappa shape index (κ1) is 35.0. The minimum absolute atomic E-state index is 0.364. The largest absolute Gasteiger partial charge is 0.208 e. The van der Waals surface area contributed by atoms with Gasteiger partial charge in [-0.3, -0.25) is 0 Å². The maximum Gasteiger partial charge on any atom is 0.164 e. The summed E-state index contributed by atoms with van der Waals surface area (Å²) >= 11 is 1.84. The molecular weight excluding hydrogens is 771 g/mol. The summed E-state index contributed by atoms with van der Waals surface area (Å²) in [7, 11) is 0. The highest BCUT2D eigenvalue weighted by molar-refractivity contribution is 7.25. The fourth-order valence-corrected chi connectivity index (χ4v) is 11.4. The van der Waals surface area contributed by atoms with Crippen molar-refractivity contribution in [1.82, 2.24) is 15.0 Å². The number of thiophene rings is 1. The van der Waals surface area contributed by atoms with E-state index in [9.17, 15) is 0 Å². The Morgan fingerprint density at radius 1 is 0.274 bits per heavy atom. The van der Waals surface area contributed by atoms with Crippen LogP contribution < -0.4 is 0 Å². The van der Waals surface area contributed by atoms with Gasteiger partial charge in [0.2, 0.25) is 0 Å². The van der Waals surface area contributed by atoms with E-state index in [0.29, 0.717) is 17.5 Å². The molecule has 9 aromatic carbocycles. The van der Waals surface area contributed by atoms with Crippen LogP contribution in [-0.2, 0) is 5.41 Å². The van der Waals surface area contributed by atoms with Crippen LogP contribution >= 0.6 is 11.3 Å². The van der Waals surface area contributed by atoms with Crippen molar-refractivity contribution in [3.8, 4) is 78.7 Å². The first-order valence-electron chi connectivity index (χ1n) is 21.1. The van der Waals surface area contributed by atoms with Crippen LogP contribution in [0.25, 0.3) is 98.8 Å². The monoisotopic (exact) mass is 805 g/mol. The molecule has 2 heterocycles. The molecule has 4 heteroatoms. The molecule has 288 valence electrons. The van der Waals surface area contributed by atoms with Crippen LogP contribution in [0.1, 0.15) is 22.3 Å². The molecule has 0 aliphatic heterocycles. The summed E-state index contributed by atoms with van der Waals surface area (Å²) in [5, 5.41) is 2.60. The standard InChI is InChI=1S/C58H35N3S/c1-2-14-36(15-3-1)55-59-56(61-57(60-55)42-19-13-17-38(33-42)40-28-30-47-46-23-7-11-27-53(46)62-54(47)35-40)41-18-12-16-37(32-41)39-29-31-52-48(34-39)45-22-6-10-26-51(45)58(52)49-24-8-4-20-43(49)44-21-5-9-25-50(44)58/h1-35H. The van der Waals surface area contributed by atoms with E-state index in [-0.39, 0.29) is 5.41 Å². The molecule has 13 rings (SSSR count). The summed E-state index contributed by atoms with van der Waals surface area (Å²) in [6.07, 6.45) is 0. The summed E-state index contributed by atoms with van der Waals surface area (Å²) in [6.45, 7) is 0. The van der Waals surface area contributed by atoms with Crippen molar-refractivity contribution in [3.63, 3.8) is 0 Å². The van der Waals surface area contributed by atoms with Crippen LogP contribution in [0.5, 0.6) is 0 Å². The predicted molar refractivity (Wildman–Crippen MR) is 256 cm³/mol. The van der Waals surface area contributed by atoms with Crippen molar-refractivity contribution in [1.29, 1.82) is 0 Å². The van der Waals surface area contributed by atoms with Gasteiger partial charge in [-0.1, -0.05) is 182 Å². The van der Waals surface area contributed by atoms with Crippen LogP contribution in [0.2, 0.25) is 0 Å². The lowest BCUT2D eigenvalue weighted by Gasteiger charge is -2.30. The van der Waals surface area contributed by atoms with Gasteiger partial charge in [0, 0.05) is 36.9 Å². The van der Waals surface area contributed by atoms with E-state index in [1.807, 2.05) is 29.5 Å². The van der Waals surface area contributed by atoms with Gasteiger partial charge in [0.05, 0.1) is 5.41 Å². The van der Waals surface area contributed by atoms with Gasteiger partial charge in [-0.15, -0.1) is 11.3 Å². The number of hydrogen-bond acceptors (Lipinski definition) is 4. The lowest BCUT2D eigenvalue weighted by molar-refractivity contribution is 0.794. The van der Waals surface area contributed by atoms with E-state index >= 15 is 0 Å². The van der Waals surface area contributed by atoms with Crippen LogP contribution in [0.4, 0.5) is 0 Å². The Balaban J connectivity index is 0.920. The molecule has 2 aliphatic carbocycles. The van der Waals surface area contributed by atoms with Crippen LogP contribution in [-0.4, -0.2) is 15.0 Å². The van der Waals surface area contributed by atoms with Gasteiger partial charge in [-0.2, -0.15) is 0 Å². The molecule has 0 N–H and O–H groups in total. The normalized spacial score (nSPS) is 13.0. The molecule has 11 aromatic rings. The summed E-state index contributed by atoms with van der Waals surface area (Å²) < 4.78 is 2.59. The van der Waals surface area contributed by atoms with Crippen molar-refractivity contribution in [2.24, 2.45) is 0 Å². The number of rotatable bonds is 5. The van der Waals surface area contributed by atoms with Crippen molar-refractivity contribution in [2.45, 2.75) is 5.41 Å². The lowest BCUT2D eigenvalue weighted by Crippen LogP contribution is -2.25. The van der Waals surface area contributed by atoms with E-state index in [1.54, 1.807) is 0 Å².